The monoisotopic (exact) mass is 403 g/mol. The van der Waals surface area contributed by atoms with Crippen molar-refractivity contribution in [2.45, 2.75) is 38.1 Å². The molecule has 0 saturated carbocycles. The molecular formula is C20H25N3O4S. The number of rotatable bonds is 5. The van der Waals surface area contributed by atoms with Gasteiger partial charge in [-0.2, -0.15) is 0 Å². The number of anilines is 1. The smallest absolute Gasteiger partial charge is 0.275 e. The van der Waals surface area contributed by atoms with E-state index in [1.54, 1.807) is 36.1 Å². The van der Waals surface area contributed by atoms with Gasteiger partial charge >= 0.3 is 0 Å². The highest BCUT2D eigenvalue weighted by Gasteiger charge is 2.22. The van der Waals surface area contributed by atoms with Crippen molar-refractivity contribution in [2.75, 3.05) is 17.8 Å². The van der Waals surface area contributed by atoms with Crippen LogP contribution in [0.5, 0.6) is 0 Å². The summed E-state index contributed by atoms with van der Waals surface area (Å²) in [4.78, 5) is 27.3. The number of carbonyl (C=O) groups excluding carboxylic acids is 1. The predicted octanol–water partition coefficient (Wildman–Crippen LogP) is 2.22. The molecule has 1 saturated heterocycles. The van der Waals surface area contributed by atoms with Gasteiger partial charge in [-0.05, 0) is 49.9 Å². The minimum Gasteiger partial charge on any atom is -0.341 e. The summed E-state index contributed by atoms with van der Waals surface area (Å²) >= 11 is 0. The molecule has 0 spiro atoms. The van der Waals surface area contributed by atoms with Crippen molar-refractivity contribution in [2.24, 2.45) is 5.92 Å². The van der Waals surface area contributed by atoms with Gasteiger partial charge < -0.3 is 9.47 Å². The molecule has 28 heavy (non-hydrogen) atoms. The van der Waals surface area contributed by atoms with Crippen molar-refractivity contribution in [1.82, 2.24) is 9.47 Å². The van der Waals surface area contributed by atoms with Crippen molar-refractivity contribution in [3.63, 3.8) is 0 Å². The van der Waals surface area contributed by atoms with Gasteiger partial charge in [0.25, 0.3) is 15.6 Å². The van der Waals surface area contributed by atoms with Crippen molar-refractivity contribution in [3.05, 3.63) is 58.5 Å². The minimum absolute atomic E-state index is 0.0695. The number of carbonyl (C=O) groups is 1. The van der Waals surface area contributed by atoms with Gasteiger partial charge in [0.1, 0.15) is 12.2 Å². The molecule has 1 aromatic heterocycles. The maximum Gasteiger partial charge on any atom is 0.275 e. The number of piperidine rings is 1. The fraction of sp³-hybridized carbons (Fsp3) is 0.400. The number of nitrogens with one attached hydrogen (secondary N) is 1. The van der Waals surface area contributed by atoms with E-state index in [1.165, 1.54) is 22.8 Å². The fourth-order valence-corrected chi connectivity index (χ4v) is 4.32. The molecule has 0 unspecified atom stereocenters. The summed E-state index contributed by atoms with van der Waals surface area (Å²) in [5, 5.41) is 0. The quantitative estimate of drug-likeness (QED) is 0.829. The van der Waals surface area contributed by atoms with Crippen LogP contribution in [0.15, 0.2) is 52.2 Å². The SMILES string of the molecule is Cc1ccc(NS(=O)(=O)c2ccccc2)c(=O)n1CC(=O)N1CCC(C)CC1. The molecule has 0 atom stereocenters. The highest BCUT2D eigenvalue weighted by molar-refractivity contribution is 7.92. The number of aryl methyl sites for hydroxylation is 1. The standard InChI is InChI=1S/C20H25N3O4S/c1-15-10-12-22(13-11-15)19(24)14-23-16(2)8-9-18(20(23)25)21-28(26,27)17-6-4-3-5-7-17/h3-9,15,21H,10-14H2,1-2H3. The van der Waals surface area contributed by atoms with Crippen LogP contribution in [-0.4, -0.2) is 36.9 Å². The fourth-order valence-electron chi connectivity index (χ4n) is 3.24. The first-order valence-electron chi connectivity index (χ1n) is 9.34. The number of hydrogen-bond acceptors (Lipinski definition) is 4. The summed E-state index contributed by atoms with van der Waals surface area (Å²) < 4.78 is 28.7. The lowest BCUT2D eigenvalue weighted by Gasteiger charge is -2.30. The number of pyridine rings is 1. The molecule has 3 rings (SSSR count). The van der Waals surface area contributed by atoms with E-state index >= 15 is 0 Å². The zero-order chi connectivity index (χ0) is 20.3. The van der Waals surface area contributed by atoms with Crippen LogP contribution in [0.4, 0.5) is 5.69 Å². The molecule has 1 aliphatic rings. The highest BCUT2D eigenvalue weighted by Crippen LogP contribution is 2.17. The molecule has 2 aromatic rings. The average molecular weight is 404 g/mol. The first-order chi connectivity index (χ1) is 13.3. The number of benzene rings is 1. The van der Waals surface area contributed by atoms with E-state index in [9.17, 15) is 18.0 Å². The van der Waals surface area contributed by atoms with E-state index < -0.39 is 15.6 Å². The zero-order valence-electron chi connectivity index (χ0n) is 16.1. The van der Waals surface area contributed by atoms with E-state index in [2.05, 4.69) is 11.6 Å². The normalized spacial score (nSPS) is 15.4. The summed E-state index contributed by atoms with van der Waals surface area (Å²) in [5.41, 5.74) is -0.000797. The van der Waals surface area contributed by atoms with Crippen LogP contribution in [-0.2, 0) is 21.4 Å². The first kappa shape index (κ1) is 20.1. The average Bonchev–Trinajstić information content (AvgIpc) is 2.68. The Bertz CT molecular complexity index is 1010. The Labute approximate surface area is 165 Å². The lowest BCUT2D eigenvalue weighted by atomic mass is 9.99. The lowest BCUT2D eigenvalue weighted by Crippen LogP contribution is -2.41. The highest BCUT2D eigenvalue weighted by atomic mass is 32.2. The van der Waals surface area contributed by atoms with Gasteiger partial charge in [-0.3, -0.25) is 14.3 Å². The van der Waals surface area contributed by atoms with Gasteiger partial charge in [-0.15, -0.1) is 0 Å². The van der Waals surface area contributed by atoms with Crippen molar-refractivity contribution in [3.8, 4) is 0 Å². The maximum absolute atomic E-state index is 12.8. The van der Waals surface area contributed by atoms with E-state index in [1.807, 2.05) is 0 Å². The topological polar surface area (TPSA) is 88.5 Å². The number of amides is 1. The van der Waals surface area contributed by atoms with E-state index in [4.69, 9.17) is 0 Å². The third-order valence-corrected chi connectivity index (χ3v) is 6.50. The van der Waals surface area contributed by atoms with E-state index in [0.717, 1.165) is 12.8 Å². The lowest BCUT2D eigenvalue weighted by molar-refractivity contribution is -0.133. The molecule has 1 amide bonds. The third kappa shape index (κ3) is 4.44. The van der Waals surface area contributed by atoms with Crippen LogP contribution in [0, 0.1) is 12.8 Å². The Balaban J connectivity index is 1.82. The molecular weight excluding hydrogens is 378 g/mol. The second kappa shape index (κ2) is 8.18. The number of aromatic nitrogens is 1. The van der Waals surface area contributed by atoms with Crippen molar-refractivity contribution < 1.29 is 13.2 Å². The Morgan fingerprint density at radius 2 is 1.75 bits per heavy atom. The molecule has 0 bridgehead atoms. The second-order valence-electron chi connectivity index (χ2n) is 7.26. The van der Waals surface area contributed by atoms with Crippen LogP contribution in [0.1, 0.15) is 25.5 Å². The van der Waals surface area contributed by atoms with Gasteiger partial charge in [0.05, 0.1) is 4.90 Å². The Morgan fingerprint density at radius 1 is 1.11 bits per heavy atom. The van der Waals surface area contributed by atoms with E-state index in [-0.39, 0.29) is 23.0 Å². The number of sulfonamides is 1. The number of likely N-dealkylation sites (tertiary alicyclic amines) is 1. The third-order valence-electron chi connectivity index (χ3n) is 5.12. The van der Waals surface area contributed by atoms with Crippen LogP contribution in [0.25, 0.3) is 0 Å². The van der Waals surface area contributed by atoms with Gasteiger partial charge in [0.15, 0.2) is 0 Å². The summed E-state index contributed by atoms with van der Waals surface area (Å²) in [5.74, 6) is 0.476. The maximum atomic E-state index is 12.8. The Kier molecular flexibility index (Phi) is 5.88. The molecule has 0 radical (unpaired) electrons. The Hall–Kier alpha value is -2.61. The van der Waals surface area contributed by atoms with Crippen LogP contribution < -0.4 is 10.3 Å². The summed E-state index contributed by atoms with van der Waals surface area (Å²) in [6.07, 6.45) is 1.91. The zero-order valence-corrected chi connectivity index (χ0v) is 16.9. The molecule has 1 fully saturated rings. The molecule has 2 heterocycles. The van der Waals surface area contributed by atoms with Crippen molar-refractivity contribution >= 4 is 21.6 Å². The van der Waals surface area contributed by atoms with Crippen LogP contribution in [0.3, 0.4) is 0 Å². The summed E-state index contributed by atoms with van der Waals surface area (Å²) in [6, 6.07) is 10.9. The van der Waals surface area contributed by atoms with Crippen molar-refractivity contribution in [1.29, 1.82) is 0 Å². The Morgan fingerprint density at radius 3 is 2.39 bits per heavy atom. The van der Waals surface area contributed by atoms with Crippen LogP contribution in [0.2, 0.25) is 0 Å². The molecule has 1 aromatic carbocycles. The number of nitrogens with zero attached hydrogens (tertiary/aromatic N) is 2. The second-order valence-corrected chi connectivity index (χ2v) is 8.94. The number of hydrogen-bond donors (Lipinski definition) is 1. The van der Waals surface area contributed by atoms with Gasteiger partial charge in [0, 0.05) is 18.8 Å². The molecule has 1 aliphatic heterocycles. The molecule has 1 N–H and O–H groups in total. The molecule has 8 heteroatoms. The molecule has 150 valence electrons. The molecule has 0 aliphatic carbocycles. The van der Waals surface area contributed by atoms with Gasteiger partial charge in [-0.25, -0.2) is 8.42 Å². The van der Waals surface area contributed by atoms with E-state index in [0.29, 0.717) is 24.7 Å². The summed E-state index contributed by atoms with van der Waals surface area (Å²) in [7, 11) is -3.88. The molecule has 7 nitrogen and oxygen atoms in total. The van der Waals surface area contributed by atoms with Gasteiger partial charge in [-0.1, -0.05) is 25.1 Å². The minimum atomic E-state index is -3.88. The van der Waals surface area contributed by atoms with Gasteiger partial charge in [0.2, 0.25) is 5.91 Å². The largest absolute Gasteiger partial charge is 0.341 e. The summed E-state index contributed by atoms with van der Waals surface area (Å²) in [6.45, 7) is 5.17. The predicted molar refractivity (Wildman–Crippen MR) is 108 cm³/mol. The van der Waals surface area contributed by atoms with Crippen LogP contribution >= 0.6 is 0 Å². The first-order valence-corrected chi connectivity index (χ1v) is 10.8.